The number of ether oxygens (including phenoxy) is 1. The predicted octanol–water partition coefficient (Wildman–Crippen LogP) is 2.54. The number of carbonyl (C=O) groups excluding carboxylic acids is 1. The summed E-state index contributed by atoms with van der Waals surface area (Å²) in [6, 6.07) is 3.59. The normalized spacial score (nSPS) is 10.6. The Kier molecular flexibility index (Phi) is 7.65. The Bertz CT molecular complexity index is 389. The van der Waals surface area contributed by atoms with Crippen LogP contribution in [0.3, 0.4) is 0 Å². The molecule has 0 atom stereocenters. The molecule has 1 aromatic heterocycles. The lowest BCUT2D eigenvalue weighted by Gasteiger charge is -2.17. The van der Waals surface area contributed by atoms with Crippen molar-refractivity contribution in [2.24, 2.45) is 0 Å². The number of hydrogen-bond donors (Lipinski definition) is 1. The fourth-order valence-electron chi connectivity index (χ4n) is 1.71. The number of unbranched alkanes of at least 4 members (excludes halogenated alkanes) is 1. The summed E-state index contributed by atoms with van der Waals surface area (Å²) in [5.74, 6) is 0.579. The van der Waals surface area contributed by atoms with Gasteiger partial charge in [-0.25, -0.2) is 4.98 Å². The summed E-state index contributed by atoms with van der Waals surface area (Å²) in [6.07, 6.45) is 3.74. The standard InChI is InChI=1S/C15H25N3O2/c1-4-7-10-20-15-9-8-13(11-16-15)17-14(19)12-18(5-2)6-3/h8-9,11H,4-7,10,12H2,1-3H3,(H,17,19). The number of rotatable bonds is 9. The van der Waals surface area contributed by atoms with Crippen molar-refractivity contribution in [2.75, 3.05) is 31.6 Å². The Morgan fingerprint density at radius 1 is 1.30 bits per heavy atom. The van der Waals surface area contributed by atoms with Crippen molar-refractivity contribution in [3.05, 3.63) is 18.3 Å². The zero-order valence-electron chi connectivity index (χ0n) is 12.7. The minimum atomic E-state index is -0.0184. The van der Waals surface area contributed by atoms with Gasteiger partial charge in [-0.3, -0.25) is 9.69 Å². The van der Waals surface area contributed by atoms with E-state index < -0.39 is 0 Å². The molecule has 112 valence electrons. The quantitative estimate of drug-likeness (QED) is 0.706. The highest BCUT2D eigenvalue weighted by Gasteiger charge is 2.07. The molecule has 1 N–H and O–H groups in total. The van der Waals surface area contributed by atoms with E-state index in [0.29, 0.717) is 24.7 Å². The van der Waals surface area contributed by atoms with Crippen LogP contribution in [-0.4, -0.2) is 42.0 Å². The maximum absolute atomic E-state index is 11.8. The monoisotopic (exact) mass is 279 g/mol. The Labute approximate surface area is 121 Å². The van der Waals surface area contributed by atoms with Gasteiger partial charge in [0.25, 0.3) is 0 Å². The van der Waals surface area contributed by atoms with Crippen molar-refractivity contribution in [3.8, 4) is 5.88 Å². The topological polar surface area (TPSA) is 54.5 Å². The van der Waals surface area contributed by atoms with E-state index in [2.05, 4.69) is 22.1 Å². The van der Waals surface area contributed by atoms with Crippen molar-refractivity contribution in [1.29, 1.82) is 0 Å². The van der Waals surface area contributed by atoms with Gasteiger partial charge >= 0.3 is 0 Å². The van der Waals surface area contributed by atoms with Gasteiger partial charge in [0, 0.05) is 6.07 Å². The van der Waals surface area contributed by atoms with Gasteiger partial charge in [0.2, 0.25) is 11.8 Å². The van der Waals surface area contributed by atoms with Crippen molar-refractivity contribution in [3.63, 3.8) is 0 Å². The van der Waals surface area contributed by atoms with Gasteiger partial charge in [0.1, 0.15) is 0 Å². The molecule has 1 heterocycles. The van der Waals surface area contributed by atoms with E-state index in [1.165, 1.54) is 0 Å². The van der Waals surface area contributed by atoms with Crippen LogP contribution in [0.2, 0.25) is 0 Å². The molecule has 20 heavy (non-hydrogen) atoms. The zero-order chi connectivity index (χ0) is 14.8. The van der Waals surface area contributed by atoms with Gasteiger partial charge in [0.15, 0.2) is 0 Å². The summed E-state index contributed by atoms with van der Waals surface area (Å²) < 4.78 is 5.47. The second-order valence-electron chi connectivity index (χ2n) is 4.60. The van der Waals surface area contributed by atoms with Gasteiger partial charge in [-0.1, -0.05) is 27.2 Å². The van der Waals surface area contributed by atoms with Crippen LogP contribution in [0.15, 0.2) is 18.3 Å². The van der Waals surface area contributed by atoms with Gasteiger partial charge in [-0.05, 0) is 25.6 Å². The van der Waals surface area contributed by atoms with Gasteiger partial charge in [0.05, 0.1) is 25.0 Å². The number of aromatic nitrogens is 1. The molecule has 0 bridgehead atoms. The number of carbonyl (C=O) groups is 1. The minimum Gasteiger partial charge on any atom is -0.478 e. The SMILES string of the molecule is CCCCOc1ccc(NC(=O)CN(CC)CC)cn1. The lowest BCUT2D eigenvalue weighted by atomic mass is 10.3. The van der Waals surface area contributed by atoms with Crippen LogP contribution in [0.4, 0.5) is 5.69 Å². The van der Waals surface area contributed by atoms with E-state index in [9.17, 15) is 4.79 Å². The average molecular weight is 279 g/mol. The molecule has 0 aliphatic heterocycles. The largest absolute Gasteiger partial charge is 0.478 e. The summed E-state index contributed by atoms with van der Waals surface area (Å²) in [6.45, 7) is 9.02. The Morgan fingerprint density at radius 3 is 2.60 bits per heavy atom. The molecular weight excluding hydrogens is 254 g/mol. The van der Waals surface area contributed by atoms with Crippen molar-refractivity contribution in [1.82, 2.24) is 9.88 Å². The van der Waals surface area contributed by atoms with Crippen LogP contribution < -0.4 is 10.1 Å². The first-order valence-corrected chi connectivity index (χ1v) is 7.30. The van der Waals surface area contributed by atoms with Crippen molar-refractivity contribution >= 4 is 11.6 Å². The molecular formula is C15H25N3O2. The molecule has 1 rings (SSSR count). The first-order chi connectivity index (χ1) is 9.69. The van der Waals surface area contributed by atoms with Gasteiger partial charge in [-0.2, -0.15) is 0 Å². The number of nitrogens with one attached hydrogen (secondary N) is 1. The fraction of sp³-hybridized carbons (Fsp3) is 0.600. The molecule has 0 saturated carbocycles. The van der Waals surface area contributed by atoms with Crippen LogP contribution in [0.5, 0.6) is 5.88 Å². The molecule has 0 aromatic carbocycles. The van der Waals surface area contributed by atoms with Crippen LogP contribution in [-0.2, 0) is 4.79 Å². The summed E-state index contributed by atoms with van der Waals surface area (Å²) >= 11 is 0. The molecule has 5 heteroatoms. The molecule has 0 aliphatic carbocycles. The number of nitrogens with zero attached hydrogens (tertiary/aromatic N) is 2. The number of hydrogen-bond acceptors (Lipinski definition) is 4. The fourth-order valence-corrected chi connectivity index (χ4v) is 1.71. The average Bonchev–Trinajstić information content (AvgIpc) is 2.47. The van der Waals surface area contributed by atoms with E-state index in [1.807, 2.05) is 19.9 Å². The van der Waals surface area contributed by atoms with Crippen LogP contribution in [0.1, 0.15) is 33.6 Å². The van der Waals surface area contributed by atoms with E-state index >= 15 is 0 Å². The number of anilines is 1. The molecule has 0 fully saturated rings. The summed E-state index contributed by atoms with van der Waals surface area (Å²) in [4.78, 5) is 18.1. The molecule has 0 saturated heterocycles. The van der Waals surface area contributed by atoms with E-state index in [4.69, 9.17) is 4.74 Å². The molecule has 5 nitrogen and oxygen atoms in total. The first-order valence-electron chi connectivity index (χ1n) is 7.30. The maximum atomic E-state index is 11.8. The third-order valence-electron chi connectivity index (χ3n) is 3.03. The lowest BCUT2D eigenvalue weighted by molar-refractivity contribution is -0.117. The van der Waals surface area contributed by atoms with E-state index in [1.54, 1.807) is 12.3 Å². The Morgan fingerprint density at radius 2 is 2.05 bits per heavy atom. The van der Waals surface area contributed by atoms with Gasteiger partial charge < -0.3 is 10.1 Å². The zero-order valence-corrected chi connectivity index (χ0v) is 12.7. The smallest absolute Gasteiger partial charge is 0.238 e. The Hall–Kier alpha value is -1.62. The highest BCUT2D eigenvalue weighted by Crippen LogP contribution is 2.12. The van der Waals surface area contributed by atoms with E-state index in [0.717, 1.165) is 25.9 Å². The van der Waals surface area contributed by atoms with Gasteiger partial charge in [-0.15, -0.1) is 0 Å². The molecule has 1 aromatic rings. The lowest BCUT2D eigenvalue weighted by Crippen LogP contribution is -2.32. The van der Waals surface area contributed by atoms with Crippen LogP contribution >= 0.6 is 0 Å². The first kappa shape index (κ1) is 16.4. The summed E-state index contributed by atoms with van der Waals surface area (Å²) in [5, 5.41) is 2.84. The van der Waals surface area contributed by atoms with E-state index in [-0.39, 0.29) is 5.91 Å². The Balaban J connectivity index is 2.42. The molecule has 0 aliphatic rings. The second-order valence-corrected chi connectivity index (χ2v) is 4.60. The molecule has 0 radical (unpaired) electrons. The number of likely N-dealkylation sites (N-methyl/N-ethyl adjacent to an activating group) is 1. The highest BCUT2D eigenvalue weighted by molar-refractivity contribution is 5.92. The highest BCUT2D eigenvalue weighted by atomic mass is 16.5. The second kappa shape index (κ2) is 9.31. The minimum absolute atomic E-state index is 0.0184. The summed E-state index contributed by atoms with van der Waals surface area (Å²) in [5.41, 5.74) is 0.699. The number of amides is 1. The molecule has 0 unspecified atom stereocenters. The third kappa shape index (κ3) is 6.02. The third-order valence-corrected chi connectivity index (χ3v) is 3.03. The summed E-state index contributed by atoms with van der Waals surface area (Å²) in [7, 11) is 0. The number of pyridine rings is 1. The predicted molar refractivity (Wildman–Crippen MR) is 81.1 cm³/mol. The van der Waals surface area contributed by atoms with Crippen molar-refractivity contribution in [2.45, 2.75) is 33.6 Å². The molecule has 1 amide bonds. The van der Waals surface area contributed by atoms with Crippen LogP contribution in [0.25, 0.3) is 0 Å². The van der Waals surface area contributed by atoms with Crippen LogP contribution in [0, 0.1) is 0 Å². The van der Waals surface area contributed by atoms with Crippen molar-refractivity contribution < 1.29 is 9.53 Å². The maximum Gasteiger partial charge on any atom is 0.238 e. The molecule has 0 spiro atoms.